The summed E-state index contributed by atoms with van der Waals surface area (Å²) in [4.78, 5) is 23.9. The van der Waals surface area contributed by atoms with E-state index in [9.17, 15) is 14.3 Å². The molecule has 0 spiro atoms. The van der Waals surface area contributed by atoms with Crippen molar-refractivity contribution in [3.63, 3.8) is 0 Å². The summed E-state index contributed by atoms with van der Waals surface area (Å²) in [7, 11) is -0.359. The number of phosphoric ester groups is 1. The molecule has 0 radical (unpaired) electrons. The largest absolute Gasteiger partial charge is 0.756 e. The Morgan fingerprint density at radius 2 is 1.48 bits per heavy atom. The topological polar surface area (TPSA) is 84.9 Å². The van der Waals surface area contributed by atoms with Crippen LogP contribution in [0.1, 0.15) is 110 Å². The van der Waals surface area contributed by atoms with Gasteiger partial charge in [0.25, 0.3) is 7.82 Å². The minimum Gasteiger partial charge on any atom is -0.756 e. The van der Waals surface area contributed by atoms with Crippen molar-refractivity contribution in [2.75, 3.05) is 47.0 Å². The van der Waals surface area contributed by atoms with E-state index in [-0.39, 0.29) is 24.9 Å². The molecule has 40 heavy (non-hydrogen) atoms. The molecular formula is C32H58NO6P. The number of Topliss-reactive ketones (excluding diaryl/α,β-unsaturated/α-hetero) is 1. The van der Waals surface area contributed by atoms with Crippen LogP contribution in [-0.4, -0.2) is 57.3 Å². The molecule has 0 N–H and O–H groups in total. The van der Waals surface area contributed by atoms with E-state index >= 15 is 0 Å². The highest BCUT2D eigenvalue weighted by molar-refractivity contribution is 7.45. The molecule has 0 saturated carbocycles. The fraction of sp³-hybridized carbons (Fsp3) is 0.781. The number of carbonyl (C=O) groups excluding carboxylic acids is 1. The predicted octanol–water partition coefficient (Wildman–Crippen LogP) is 7.50. The molecule has 0 aliphatic carbocycles. The lowest BCUT2D eigenvalue weighted by Gasteiger charge is -2.30. The first kappa shape index (κ1) is 36.8. The quantitative estimate of drug-likeness (QED) is 0.0638. The van der Waals surface area contributed by atoms with Crippen molar-refractivity contribution >= 4 is 13.6 Å². The number of ketones is 1. The van der Waals surface area contributed by atoms with Gasteiger partial charge in [-0.05, 0) is 63.1 Å². The van der Waals surface area contributed by atoms with Gasteiger partial charge in [0.2, 0.25) is 0 Å². The van der Waals surface area contributed by atoms with Crippen LogP contribution < -0.4 is 9.63 Å². The molecular weight excluding hydrogens is 525 g/mol. The van der Waals surface area contributed by atoms with E-state index in [1.54, 1.807) is 0 Å². The SMILES string of the molecule is CCCCCCCCCCCCOc1ccc(CCCC(COP(=O)([O-])OCC[N+](C)(C)CC)CC(C)=O)cc1. The number of phosphoric acid groups is 1. The van der Waals surface area contributed by atoms with E-state index in [1.807, 2.05) is 33.2 Å². The van der Waals surface area contributed by atoms with E-state index in [2.05, 4.69) is 19.1 Å². The second-order valence-electron chi connectivity index (χ2n) is 11.9. The van der Waals surface area contributed by atoms with E-state index in [1.165, 1.54) is 70.3 Å². The average Bonchev–Trinajstić information content (AvgIpc) is 2.90. The first-order valence-corrected chi connectivity index (χ1v) is 17.2. The Morgan fingerprint density at radius 1 is 0.875 bits per heavy atom. The first-order valence-electron chi connectivity index (χ1n) is 15.7. The average molecular weight is 584 g/mol. The van der Waals surface area contributed by atoms with Crippen molar-refractivity contribution in [1.82, 2.24) is 0 Å². The highest BCUT2D eigenvalue weighted by Crippen LogP contribution is 2.39. The van der Waals surface area contributed by atoms with Crippen LogP contribution in [0.15, 0.2) is 24.3 Å². The number of benzene rings is 1. The van der Waals surface area contributed by atoms with Gasteiger partial charge in [-0.3, -0.25) is 4.57 Å². The third-order valence-electron chi connectivity index (χ3n) is 7.61. The Balaban J connectivity index is 2.27. The number of rotatable bonds is 26. The molecule has 0 saturated heterocycles. The third-order valence-corrected chi connectivity index (χ3v) is 8.58. The summed E-state index contributed by atoms with van der Waals surface area (Å²) in [5.41, 5.74) is 1.20. The van der Waals surface area contributed by atoms with Crippen LogP contribution >= 0.6 is 7.82 Å². The minimum absolute atomic E-state index is 0.0288. The van der Waals surface area contributed by atoms with Crippen LogP contribution in [0.2, 0.25) is 0 Å². The maximum atomic E-state index is 12.2. The summed E-state index contributed by atoms with van der Waals surface area (Å²) >= 11 is 0. The van der Waals surface area contributed by atoms with E-state index in [0.29, 0.717) is 23.9 Å². The maximum absolute atomic E-state index is 12.2. The van der Waals surface area contributed by atoms with Crippen molar-refractivity contribution in [1.29, 1.82) is 0 Å². The lowest BCUT2D eigenvalue weighted by Crippen LogP contribution is -2.41. The van der Waals surface area contributed by atoms with Gasteiger partial charge in [-0.2, -0.15) is 0 Å². The lowest BCUT2D eigenvalue weighted by atomic mass is 9.96. The van der Waals surface area contributed by atoms with E-state index < -0.39 is 7.82 Å². The first-order chi connectivity index (χ1) is 19.1. The molecule has 0 amide bonds. The van der Waals surface area contributed by atoms with Gasteiger partial charge in [0, 0.05) is 6.42 Å². The van der Waals surface area contributed by atoms with Crippen LogP contribution in [0.3, 0.4) is 0 Å². The molecule has 1 aromatic carbocycles. The zero-order valence-corrected chi connectivity index (χ0v) is 27.1. The number of hydrogen-bond donors (Lipinski definition) is 0. The summed E-state index contributed by atoms with van der Waals surface area (Å²) in [6.07, 6.45) is 15.8. The lowest BCUT2D eigenvalue weighted by molar-refractivity contribution is -0.888. The number of hydrogen-bond acceptors (Lipinski definition) is 6. The van der Waals surface area contributed by atoms with E-state index in [0.717, 1.165) is 38.2 Å². The molecule has 2 atom stereocenters. The Hall–Kier alpha value is -1.24. The fourth-order valence-electron chi connectivity index (χ4n) is 4.57. The van der Waals surface area contributed by atoms with Crippen LogP contribution in [0.5, 0.6) is 5.75 Å². The summed E-state index contributed by atoms with van der Waals surface area (Å²) in [6, 6.07) is 8.21. The predicted molar refractivity (Wildman–Crippen MR) is 163 cm³/mol. The zero-order chi connectivity index (χ0) is 29.7. The number of aryl methyl sites for hydroxylation is 1. The highest BCUT2D eigenvalue weighted by atomic mass is 31.2. The Kier molecular flexibility index (Phi) is 19.7. The summed E-state index contributed by atoms with van der Waals surface area (Å²) in [5, 5.41) is 0. The highest BCUT2D eigenvalue weighted by Gasteiger charge is 2.19. The van der Waals surface area contributed by atoms with Gasteiger partial charge in [0.05, 0.1) is 33.9 Å². The summed E-state index contributed by atoms with van der Waals surface area (Å²) in [6.45, 7) is 8.09. The molecule has 0 aliphatic rings. The van der Waals surface area contributed by atoms with Crippen molar-refractivity contribution in [3.8, 4) is 5.75 Å². The van der Waals surface area contributed by atoms with Crippen molar-refractivity contribution in [2.45, 2.75) is 111 Å². The molecule has 7 nitrogen and oxygen atoms in total. The van der Waals surface area contributed by atoms with Gasteiger partial charge in [-0.1, -0.05) is 76.8 Å². The van der Waals surface area contributed by atoms with Gasteiger partial charge in [-0.25, -0.2) is 0 Å². The summed E-state index contributed by atoms with van der Waals surface area (Å²) in [5.74, 6) is 0.769. The Morgan fingerprint density at radius 3 is 2.05 bits per heavy atom. The molecule has 0 bridgehead atoms. The monoisotopic (exact) mass is 583 g/mol. The molecule has 0 heterocycles. The molecule has 1 aromatic rings. The second-order valence-corrected chi connectivity index (χ2v) is 13.3. The van der Waals surface area contributed by atoms with Crippen LogP contribution in [0, 0.1) is 5.92 Å². The molecule has 0 aliphatic heterocycles. The number of nitrogens with zero attached hydrogens (tertiary/aromatic N) is 1. The van der Waals surface area contributed by atoms with Gasteiger partial charge < -0.3 is 28.0 Å². The Bertz CT molecular complexity index is 829. The number of carbonyl (C=O) groups is 1. The minimum atomic E-state index is -4.39. The van der Waals surface area contributed by atoms with Gasteiger partial charge in [0.1, 0.15) is 24.7 Å². The molecule has 0 aromatic heterocycles. The van der Waals surface area contributed by atoms with E-state index in [4.69, 9.17) is 13.8 Å². The smallest absolute Gasteiger partial charge is 0.268 e. The third kappa shape index (κ3) is 19.8. The van der Waals surface area contributed by atoms with Crippen molar-refractivity contribution in [3.05, 3.63) is 29.8 Å². The zero-order valence-electron chi connectivity index (χ0n) is 26.2. The molecule has 1 rings (SSSR count). The molecule has 0 fully saturated rings. The number of ether oxygens (including phenoxy) is 1. The van der Waals surface area contributed by atoms with Gasteiger partial charge >= 0.3 is 0 Å². The van der Waals surface area contributed by atoms with Gasteiger partial charge in [-0.15, -0.1) is 0 Å². The second kappa shape index (κ2) is 21.5. The molecule has 232 valence electrons. The number of likely N-dealkylation sites (N-methyl/N-ethyl adjacent to an activating group) is 1. The molecule has 8 heteroatoms. The fourth-order valence-corrected chi connectivity index (χ4v) is 5.34. The maximum Gasteiger partial charge on any atom is 0.268 e. The number of quaternary nitrogens is 1. The normalized spacial score (nSPS) is 14.2. The Labute approximate surface area is 245 Å². The van der Waals surface area contributed by atoms with Crippen molar-refractivity contribution < 1.29 is 32.5 Å². The van der Waals surface area contributed by atoms with Crippen LogP contribution in [-0.2, 0) is 24.8 Å². The van der Waals surface area contributed by atoms with Crippen LogP contribution in [0.4, 0.5) is 0 Å². The summed E-state index contributed by atoms with van der Waals surface area (Å²) < 4.78 is 29.0. The standard InChI is InChI=1S/C32H58NO6P/c1-6-8-9-10-11-12-13-14-15-16-25-37-32-22-20-30(21-23-32)18-17-19-31(27-29(3)34)28-39-40(35,36)38-26-24-33(4,5)7-2/h20-23,31H,6-19,24-28H2,1-5H3. The van der Waals surface area contributed by atoms with Gasteiger partial charge in [0.15, 0.2) is 0 Å². The number of unbranched alkanes of at least 4 members (excludes halogenated alkanes) is 9. The van der Waals surface area contributed by atoms with Crippen LogP contribution in [0.25, 0.3) is 0 Å². The molecule has 2 unspecified atom stereocenters. The van der Waals surface area contributed by atoms with Crippen molar-refractivity contribution in [2.24, 2.45) is 5.92 Å².